The molecule has 0 radical (unpaired) electrons. The summed E-state index contributed by atoms with van der Waals surface area (Å²) in [6, 6.07) is 2.73. The van der Waals surface area contributed by atoms with Gasteiger partial charge in [-0.3, -0.25) is 13.8 Å². The number of anilines is 1. The van der Waals surface area contributed by atoms with Crippen LogP contribution in [0.1, 0.15) is 26.1 Å². The Morgan fingerprint density at radius 3 is 2.84 bits per heavy atom. The average Bonchev–Trinajstić information content (AvgIpc) is 3.12. The van der Waals surface area contributed by atoms with E-state index in [2.05, 4.69) is 28.5 Å². The molecule has 0 aliphatic carbocycles. The molecule has 1 saturated heterocycles. The molecule has 3 N–H and O–H groups in total. The summed E-state index contributed by atoms with van der Waals surface area (Å²) in [4.78, 5) is 18.7. The molecule has 1 aliphatic heterocycles. The number of phenolic OH excluding ortho intramolecular Hbond substituents is 1. The minimum Gasteiger partial charge on any atom is -0.506 e. The summed E-state index contributed by atoms with van der Waals surface area (Å²) in [5.41, 5.74) is 0.377. The molecule has 134 valence electrons. The number of hydrogen-bond acceptors (Lipinski definition) is 4. The van der Waals surface area contributed by atoms with Crippen LogP contribution in [0.5, 0.6) is 5.75 Å². The fourth-order valence-electron chi connectivity index (χ4n) is 2.59. The van der Waals surface area contributed by atoms with Crippen molar-refractivity contribution in [3.05, 3.63) is 30.0 Å². The molecule has 1 fully saturated rings. The van der Waals surface area contributed by atoms with Gasteiger partial charge in [0.1, 0.15) is 23.8 Å². The first-order valence-corrected chi connectivity index (χ1v) is 9.02. The molecule has 1 unspecified atom stereocenters. The molecular formula is C16H19FN4O3S. The molecule has 1 amide bonds. The van der Waals surface area contributed by atoms with E-state index in [1.165, 1.54) is 18.3 Å². The van der Waals surface area contributed by atoms with E-state index >= 15 is 0 Å². The van der Waals surface area contributed by atoms with Gasteiger partial charge in [-0.05, 0) is 24.5 Å². The van der Waals surface area contributed by atoms with Crippen LogP contribution in [0.4, 0.5) is 10.1 Å². The second kappa shape index (κ2) is 6.83. The van der Waals surface area contributed by atoms with Gasteiger partial charge < -0.3 is 10.1 Å². The number of nitrogens with zero attached hydrogens (tertiary/aromatic N) is 2. The van der Waals surface area contributed by atoms with Crippen LogP contribution in [0.25, 0.3) is 11.3 Å². The van der Waals surface area contributed by atoms with Gasteiger partial charge in [0.2, 0.25) is 11.2 Å². The second-order valence-corrected chi connectivity index (χ2v) is 7.43. The van der Waals surface area contributed by atoms with Crippen LogP contribution in [0.15, 0.2) is 18.3 Å². The third-order valence-corrected chi connectivity index (χ3v) is 5.02. The first-order valence-electron chi connectivity index (χ1n) is 7.91. The first kappa shape index (κ1) is 17.4. The topological polar surface area (TPSA) is 98.3 Å². The Kier molecular flexibility index (Phi) is 4.76. The lowest BCUT2D eigenvalue weighted by Crippen LogP contribution is -2.23. The van der Waals surface area contributed by atoms with Gasteiger partial charge >= 0.3 is 0 Å². The van der Waals surface area contributed by atoms with E-state index in [1.54, 1.807) is 0 Å². The summed E-state index contributed by atoms with van der Waals surface area (Å²) < 4.78 is 30.0. The van der Waals surface area contributed by atoms with Gasteiger partial charge in [0.15, 0.2) is 5.82 Å². The van der Waals surface area contributed by atoms with Gasteiger partial charge in [0, 0.05) is 12.0 Å². The number of nitrogens with one attached hydrogen (secondary N) is 2. The van der Waals surface area contributed by atoms with Crippen molar-refractivity contribution in [2.75, 3.05) is 10.8 Å². The van der Waals surface area contributed by atoms with Gasteiger partial charge in [-0.2, -0.15) is 0 Å². The number of aromatic nitrogens is 2. The zero-order valence-corrected chi connectivity index (χ0v) is 14.7. The highest BCUT2D eigenvalue weighted by molar-refractivity contribution is 7.85. The molecule has 2 heterocycles. The van der Waals surface area contributed by atoms with E-state index < -0.39 is 22.9 Å². The Morgan fingerprint density at radius 2 is 2.20 bits per heavy atom. The van der Waals surface area contributed by atoms with Crippen LogP contribution in [0.3, 0.4) is 0 Å². The zero-order valence-electron chi connectivity index (χ0n) is 13.9. The largest absolute Gasteiger partial charge is 0.506 e. The van der Waals surface area contributed by atoms with Gasteiger partial charge in [0.05, 0.1) is 11.9 Å². The van der Waals surface area contributed by atoms with Crippen molar-refractivity contribution in [3.8, 4) is 17.0 Å². The molecule has 7 nitrogen and oxygen atoms in total. The van der Waals surface area contributed by atoms with Crippen LogP contribution in [0, 0.1) is 11.7 Å². The van der Waals surface area contributed by atoms with Crippen LogP contribution in [0.2, 0.25) is 0 Å². The number of halogens is 1. The fraction of sp³-hybridized carbons (Fsp3) is 0.375. The molecule has 1 aromatic heterocycles. The molecule has 9 heteroatoms. The number of aromatic amines is 1. The molecule has 1 aliphatic rings. The summed E-state index contributed by atoms with van der Waals surface area (Å²) in [7, 11) is 0. The molecule has 3 rings (SSSR count). The van der Waals surface area contributed by atoms with E-state index in [4.69, 9.17) is 0 Å². The number of amides is 1. The Bertz CT molecular complexity index is 837. The maximum atomic E-state index is 15.0. The SMILES string of the molecule is CC(C)CCc1ncc(-c2ccc(O)c(N3CC(=O)NS3=O)c2F)[nH]1. The first-order chi connectivity index (χ1) is 11.9. The van der Waals surface area contributed by atoms with Crippen LogP contribution in [-0.2, 0) is 22.4 Å². The van der Waals surface area contributed by atoms with Crippen LogP contribution >= 0.6 is 0 Å². The Balaban J connectivity index is 1.95. The number of H-pyrrole nitrogens is 1. The fourth-order valence-corrected chi connectivity index (χ4v) is 3.53. The maximum Gasteiger partial charge on any atom is 0.253 e. The van der Waals surface area contributed by atoms with Crippen molar-refractivity contribution in [1.29, 1.82) is 0 Å². The summed E-state index contributed by atoms with van der Waals surface area (Å²) >= 11 is -1.92. The molecular weight excluding hydrogens is 347 g/mol. The van der Waals surface area contributed by atoms with E-state index in [0.717, 1.165) is 23.0 Å². The lowest BCUT2D eigenvalue weighted by atomic mass is 10.1. The number of hydrogen-bond donors (Lipinski definition) is 3. The Labute approximate surface area is 147 Å². The van der Waals surface area contributed by atoms with Crippen LogP contribution in [-0.4, -0.2) is 31.7 Å². The van der Waals surface area contributed by atoms with Crippen molar-refractivity contribution in [3.63, 3.8) is 0 Å². The van der Waals surface area contributed by atoms with Crippen molar-refractivity contribution in [1.82, 2.24) is 14.7 Å². The predicted molar refractivity (Wildman–Crippen MR) is 92.4 cm³/mol. The van der Waals surface area contributed by atoms with Crippen molar-refractivity contribution in [2.24, 2.45) is 5.92 Å². The number of aromatic hydroxyl groups is 1. The Morgan fingerprint density at radius 1 is 1.44 bits per heavy atom. The number of benzene rings is 1. The molecule has 25 heavy (non-hydrogen) atoms. The summed E-state index contributed by atoms with van der Waals surface area (Å²) in [6.07, 6.45) is 3.23. The highest BCUT2D eigenvalue weighted by Crippen LogP contribution is 2.37. The lowest BCUT2D eigenvalue weighted by molar-refractivity contribution is -0.117. The van der Waals surface area contributed by atoms with Gasteiger partial charge in [0.25, 0.3) is 5.91 Å². The third-order valence-electron chi connectivity index (χ3n) is 3.91. The highest BCUT2D eigenvalue weighted by Gasteiger charge is 2.32. The van der Waals surface area contributed by atoms with Crippen molar-refractivity contribution < 1.29 is 18.5 Å². The molecule has 1 atom stereocenters. The normalized spacial score (nSPS) is 17.4. The molecule has 0 saturated carbocycles. The number of carbonyl (C=O) groups excluding carboxylic acids is 1. The predicted octanol–water partition coefficient (Wildman–Crippen LogP) is 2.02. The average molecular weight is 366 g/mol. The monoisotopic (exact) mass is 366 g/mol. The molecule has 0 spiro atoms. The quantitative estimate of drug-likeness (QED) is 0.754. The smallest absolute Gasteiger partial charge is 0.253 e. The van der Waals surface area contributed by atoms with Crippen molar-refractivity contribution in [2.45, 2.75) is 26.7 Å². The number of rotatable bonds is 5. The van der Waals surface area contributed by atoms with E-state index in [9.17, 15) is 18.5 Å². The van der Waals surface area contributed by atoms with E-state index in [0.29, 0.717) is 11.6 Å². The van der Waals surface area contributed by atoms with E-state index in [-0.39, 0.29) is 23.5 Å². The zero-order chi connectivity index (χ0) is 18.1. The van der Waals surface area contributed by atoms with Crippen LogP contribution < -0.4 is 9.03 Å². The van der Waals surface area contributed by atoms with Gasteiger partial charge in [-0.25, -0.2) is 13.6 Å². The maximum absolute atomic E-state index is 15.0. The number of phenols is 1. The van der Waals surface area contributed by atoms with Gasteiger partial charge in [-0.1, -0.05) is 13.8 Å². The van der Waals surface area contributed by atoms with Crippen molar-refractivity contribution >= 4 is 22.8 Å². The second-order valence-electron chi connectivity index (χ2n) is 6.28. The Hall–Kier alpha value is -2.42. The summed E-state index contributed by atoms with van der Waals surface area (Å²) in [5, 5.41) is 10.00. The summed E-state index contributed by atoms with van der Waals surface area (Å²) in [5.74, 6) is -0.366. The number of aryl methyl sites for hydroxylation is 1. The number of imidazole rings is 1. The summed E-state index contributed by atoms with van der Waals surface area (Å²) in [6.45, 7) is 3.94. The van der Waals surface area contributed by atoms with E-state index in [1.807, 2.05) is 0 Å². The lowest BCUT2D eigenvalue weighted by Gasteiger charge is -2.17. The third kappa shape index (κ3) is 3.51. The number of carbonyl (C=O) groups is 1. The molecule has 1 aromatic carbocycles. The minimum absolute atomic E-state index is 0.187. The minimum atomic E-state index is -1.92. The molecule has 2 aromatic rings. The van der Waals surface area contributed by atoms with Gasteiger partial charge in [-0.15, -0.1) is 0 Å². The standard InChI is InChI=1S/C16H19FN4O3S/c1-9(2)3-6-13-18-7-11(19-13)10-4-5-12(22)16(15(10)17)21-8-14(23)20-25(21)24/h4-5,7,9,22H,3,6,8H2,1-2H3,(H,18,19)(H,20,23). The highest BCUT2D eigenvalue weighted by atomic mass is 32.2. The molecule has 0 bridgehead atoms.